The Kier molecular flexibility index (Phi) is 5.36. The van der Waals surface area contributed by atoms with Crippen LogP contribution in [0.3, 0.4) is 0 Å². The molecule has 0 aliphatic carbocycles. The summed E-state index contributed by atoms with van der Waals surface area (Å²) in [5, 5.41) is 4.52. The molecule has 0 aliphatic heterocycles. The number of rotatable bonds is 5. The van der Waals surface area contributed by atoms with E-state index in [0.717, 1.165) is 12.2 Å². The van der Waals surface area contributed by atoms with Crippen molar-refractivity contribution in [3.63, 3.8) is 0 Å². The maximum Gasteiger partial charge on any atom is 0.134 e. The van der Waals surface area contributed by atoms with Crippen LogP contribution in [0.1, 0.15) is 44.2 Å². The summed E-state index contributed by atoms with van der Waals surface area (Å²) in [6, 6.07) is 5.13. The second-order valence-corrected chi connectivity index (χ2v) is 7.16. The molecule has 1 aromatic carbocycles. The van der Waals surface area contributed by atoms with Gasteiger partial charge in [-0.05, 0) is 24.1 Å². The fourth-order valence-electron chi connectivity index (χ4n) is 2.02. The van der Waals surface area contributed by atoms with E-state index in [1.807, 2.05) is 0 Å². The number of halogens is 2. The number of hydrogen-bond acceptors (Lipinski definition) is 3. The highest BCUT2D eigenvalue weighted by Crippen LogP contribution is 2.33. The summed E-state index contributed by atoms with van der Waals surface area (Å²) in [5.41, 5.74) is 1.56. The molecular formula is C16H20ClFN2S. The standard InChI is InChI=1S/C16H20ClFN2S/c1-9(2)15-14(8-19-10(3)4)21-16(20-15)12-6-5-11(17)7-13(12)18/h5-7,9-10,19H,8H2,1-4H3. The first kappa shape index (κ1) is 16.4. The molecule has 0 saturated heterocycles. The largest absolute Gasteiger partial charge is 0.310 e. The van der Waals surface area contributed by atoms with Crippen LogP contribution in [-0.2, 0) is 6.54 Å². The van der Waals surface area contributed by atoms with Crippen LogP contribution in [0, 0.1) is 5.82 Å². The lowest BCUT2D eigenvalue weighted by Crippen LogP contribution is -2.22. The van der Waals surface area contributed by atoms with Gasteiger partial charge in [0.2, 0.25) is 0 Å². The molecule has 0 radical (unpaired) electrons. The van der Waals surface area contributed by atoms with Crippen molar-refractivity contribution in [1.82, 2.24) is 10.3 Å². The number of thiazole rings is 1. The molecule has 0 saturated carbocycles. The Morgan fingerprint density at radius 1 is 1.29 bits per heavy atom. The molecule has 2 aromatic rings. The SMILES string of the molecule is CC(C)NCc1sc(-c2ccc(Cl)cc2F)nc1C(C)C. The van der Waals surface area contributed by atoms with Gasteiger partial charge in [0.15, 0.2) is 0 Å². The topological polar surface area (TPSA) is 24.9 Å². The molecule has 0 unspecified atom stereocenters. The van der Waals surface area contributed by atoms with Gasteiger partial charge in [0.05, 0.1) is 5.69 Å². The van der Waals surface area contributed by atoms with Gasteiger partial charge in [-0.3, -0.25) is 0 Å². The molecule has 1 heterocycles. The van der Waals surface area contributed by atoms with Gasteiger partial charge in [-0.15, -0.1) is 11.3 Å². The van der Waals surface area contributed by atoms with Crippen LogP contribution < -0.4 is 5.32 Å². The summed E-state index contributed by atoms with van der Waals surface area (Å²) in [6.45, 7) is 9.19. The Bertz CT molecular complexity index is 623. The number of hydrogen-bond donors (Lipinski definition) is 1. The third kappa shape index (κ3) is 4.02. The molecule has 2 rings (SSSR count). The molecule has 0 fully saturated rings. The van der Waals surface area contributed by atoms with E-state index in [1.54, 1.807) is 23.5 Å². The van der Waals surface area contributed by atoms with E-state index in [-0.39, 0.29) is 5.82 Å². The van der Waals surface area contributed by atoms with Gasteiger partial charge >= 0.3 is 0 Å². The van der Waals surface area contributed by atoms with Crippen molar-refractivity contribution in [2.75, 3.05) is 0 Å². The quantitative estimate of drug-likeness (QED) is 0.814. The Hall–Kier alpha value is -0.970. The molecule has 0 amide bonds. The van der Waals surface area contributed by atoms with Crippen LogP contribution >= 0.6 is 22.9 Å². The first-order chi connectivity index (χ1) is 9.88. The minimum absolute atomic E-state index is 0.314. The Morgan fingerprint density at radius 3 is 2.57 bits per heavy atom. The summed E-state index contributed by atoms with van der Waals surface area (Å²) < 4.78 is 14.1. The summed E-state index contributed by atoms with van der Waals surface area (Å²) in [5.74, 6) is -0.00996. The normalized spacial score (nSPS) is 11.6. The van der Waals surface area contributed by atoms with E-state index in [9.17, 15) is 4.39 Å². The lowest BCUT2D eigenvalue weighted by molar-refractivity contribution is 0.588. The van der Waals surface area contributed by atoms with Gasteiger partial charge in [-0.2, -0.15) is 0 Å². The minimum atomic E-state index is -0.324. The Morgan fingerprint density at radius 2 is 2.00 bits per heavy atom. The van der Waals surface area contributed by atoms with Crippen molar-refractivity contribution in [2.45, 2.75) is 46.2 Å². The molecule has 1 aromatic heterocycles. The predicted octanol–water partition coefficient (Wildman–Crippen LogP) is 5.22. The zero-order chi connectivity index (χ0) is 15.6. The van der Waals surface area contributed by atoms with E-state index >= 15 is 0 Å². The summed E-state index contributed by atoms with van der Waals surface area (Å²) in [6.07, 6.45) is 0. The van der Waals surface area contributed by atoms with Gasteiger partial charge in [-0.1, -0.05) is 39.3 Å². The minimum Gasteiger partial charge on any atom is -0.310 e. The predicted molar refractivity (Wildman–Crippen MR) is 88.6 cm³/mol. The van der Waals surface area contributed by atoms with E-state index in [0.29, 0.717) is 27.6 Å². The number of nitrogens with zero attached hydrogens (tertiary/aromatic N) is 1. The first-order valence-corrected chi connectivity index (χ1v) is 8.26. The number of aromatic nitrogens is 1. The lowest BCUT2D eigenvalue weighted by atomic mass is 10.1. The Labute approximate surface area is 134 Å². The van der Waals surface area contributed by atoms with Crippen molar-refractivity contribution in [3.8, 4) is 10.6 Å². The molecular weight excluding hydrogens is 307 g/mol. The molecule has 0 atom stereocenters. The second-order valence-electron chi connectivity index (χ2n) is 5.64. The van der Waals surface area contributed by atoms with Crippen LogP contribution in [0.15, 0.2) is 18.2 Å². The summed E-state index contributed by atoms with van der Waals surface area (Å²) in [4.78, 5) is 5.81. The summed E-state index contributed by atoms with van der Waals surface area (Å²) >= 11 is 7.36. The number of benzene rings is 1. The van der Waals surface area contributed by atoms with E-state index in [2.05, 4.69) is 38.0 Å². The van der Waals surface area contributed by atoms with Gasteiger partial charge in [0.1, 0.15) is 10.8 Å². The zero-order valence-electron chi connectivity index (χ0n) is 12.7. The molecule has 5 heteroatoms. The van der Waals surface area contributed by atoms with Crippen LogP contribution in [0.4, 0.5) is 4.39 Å². The third-order valence-electron chi connectivity index (χ3n) is 3.11. The van der Waals surface area contributed by atoms with Crippen LogP contribution in [0.25, 0.3) is 10.6 Å². The lowest BCUT2D eigenvalue weighted by Gasteiger charge is -2.09. The average molecular weight is 327 g/mol. The van der Waals surface area contributed by atoms with Gasteiger partial charge in [0.25, 0.3) is 0 Å². The maximum absolute atomic E-state index is 14.1. The van der Waals surface area contributed by atoms with E-state index < -0.39 is 0 Å². The van der Waals surface area contributed by atoms with Crippen LogP contribution in [0.5, 0.6) is 0 Å². The smallest absolute Gasteiger partial charge is 0.134 e. The van der Waals surface area contributed by atoms with Crippen molar-refractivity contribution < 1.29 is 4.39 Å². The van der Waals surface area contributed by atoms with Gasteiger partial charge in [-0.25, -0.2) is 9.37 Å². The molecule has 0 aliphatic rings. The zero-order valence-corrected chi connectivity index (χ0v) is 14.3. The highest BCUT2D eigenvalue weighted by atomic mass is 35.5. The fraction of sp³-hybridized carbons (Fsp3) is 0.438. The van der Waals surface area contributed by atoms with Crippen LogP contribution in [0.2, 0.25) is 5.02 Å². The molecule has 2 nitrogen and oxygen atoms in total. The van der Waals surface area contributed by atoms with Crippen molar-refractivity contribution in [1.29, 1.82) is 0 Å². The van der Waals surface area contributed by atoms with Crippen LogP contribution in [-0.4, -0.2) is 11.0 Å². The summed E-state index contributed by atoms with van der Waals surface area (Å²) in [7, 11) is 0. The second kappa shape index (κ2) is 6.86. The van der Waals surface area contributed by atoms with Crippen molar-refractivity contribution in [3.05, 3.63) is 39.6 Å². The van der Waals surface area contributed by atoms with Gasteiger partial charge < -0.3 is 5.32 Å². The van der Waals surface area contributed by atoms with E-state index in [4.69, 9.17) is 11.6 Å². The van der Waals surface area contributed by atoms with Crippen molar-refractivity contribution >= 4 is 22.9 Å². The van der Waals surface area contributed by atoms with Gasteiger partial charge in [0, 0.05) is 28.0 Å². The monoisotopic (exact) mass is 326 g/mol. The number of nitrogens with one attached hydrogen (secondary N) is 1. The molecule has 114 valence electrons. The average Bonchev–Trinajstić information content (AvgIpc) is 2.80. The van der Waals surface area contributed by atoms with Crippen molar-refractivity contribution in [2.24, 2.45) is 0 Å². The first-order valence-electron chi connectivity index (χ1n) is 7.07. The highest BCUT2D eigenvalue weighted by Gasteiger charge is 2.17. The highest BCUT2D eigenvalue weighted by molar-refractivity contribution is 7.15. The Balaban J connectivity index is 2.38. The third-order valence-corrected chi connectivity index (χ3v) is 4.45. The maximum atomic E-state index is 14.1. The van der Waals surface area contributed by atoms with E-state index in [1.165, 1.54) is 10.9 Å². The molecule has 0 spiro atoms. The molecule has 0 bridgehead atoms. The molecule has 1 N–H and O–H groups in total. The molecule has 21 heavy (non-hydrogen) atoms. The fourth-order valence-corrected chi connectivity index (χ4v) is 3.37.